The van der Waals surface area contributed by atoms with Gasteiger partial charge in [0.15, 0.2) is 17.4 Å². The lowest BCUT2D eigenvalue weighted by molar-refractivity contribution is -0.192. The first kappa shape index (κ1) is 35.8. The van der Waals surface area contributed by atoms with Gasteiger partial charge in [-0.15, -0.1) is 0 Å². The first-order chi connectivity index (χ1) is 22.6. The minimum atomic E-state index is -5.08. The number of carboxylic acids is 1. The summed E-state index contributed by atoms with van der Waals surface area (Å²) < 4.78 is 66.7. The Morgan fingerprint density at radius 2 is 1.69 bits per heavy atom. The summed E-state index contributed by atoms with van der Waals surface area (Å²) in [6, 6.07) is 6.82. The monoisotopic (exact) mass is 698 g/mol. The summed E-state index contributed by atoms with van der Waals surface area (Å²) in [5.74, 6) is -6.22. The third-order valence-electron chi connectivity index (χ3n) is 7.36. The molecule has 0 bridgehead atoms. The molecule has 3 amide bonds. The number of aliphatic carboxylic acids is 1. The first-order valence-corrected chi connectivity index (χ1v) is 14.4. The zero-order chi connectivity index (χ0) is 35.3. The molecule has 0 saturated carbocycles. The number of carbonyl (C=O) groups excluding carboxylic acids is 3. The highest BCUT2D eigenvalue weighted by Gasteiger charge is 2.38. The molecule has 2 aliphatic heterocycles. The average Bonchev–Trinajstić information content (AvgIpc) is 3.72. The van der Waals surface area contributed by atoms with E-state index in [9.17, 15) is 36.3 Å². The number of hydrogen-bond donors (Lipinski definition) is 3. The van der Waals surface area contributed by atoms with Gasteiger partial charge in [-0.25, -0.2) is 14.2 Å². The van der Waals surface area contributed by atoms with Crippen molar-refractivity contribution >= 4 is 41.0 Å². The van der Waals surface area contributed by atoms with E-state index in [1.54, 1.807) is 9.80 Å². The molecule has 1 fully saturated rings. The lowest BCUT2D eigenvalue weighted by Crippen LogP contribution is -2.54. The molecule has 0 unspecified atom stereocenters. The van der Waals surface area contributed by atoms with Gasteiger partial charge in [0.1, 0.15) is 6.04 Å². The highest BCUT2D eigenvalue weighted by molar-refractivity contribution is 6.34. The van der Waals surface area contributed by atoms with E-state index < -0.39 is 29.7 Å². The fourth-order valence-corrected chi connectivity index (χ4v) is 5.11. The molecule has 0 radical (unpaired) electrons. The fourth-order valence-electron chi connectivity index (χ4n) is 4.85. The number of hydrogen-bond acceptors (Lipinski definition) is 7. The Balaban J connectivity index is 0.000000671. The maximum atomic E-state index is 14.6. The van der Waals surface area contributed by atoms with Gasteiger partial charge in [0.05, 0.1) is 29.6 Å². The van der Waals surface area contributed by atoms with Crippen molar-refractivity contribution in [3.8, 4) is 17.0 Å². The number of anilines is 1. The normalized spacial score (nSPS) is 15.9. The predicted molar refractivity (Wildman–Crippen MR) is 162 cm³/mol. The van der Waals surface area contributed by atoms with E-state index in [-0.39, 0.29) is 51.3 Å². The molecule has 12 nitrogen and oxygen atoms in total. The number of aromatic nitrogens is 2. The van der Waals surface area contributed by atoms with Crippen LogP contribution in [-0.2, 0) is 16.6 Å². The number of rotatable bonds is 6. The number of ether oxygens (including phenoxy) is 1. The Morgan fingerprint density at radius 3 is 2.25 bits per heavy atom. The molecule has 2 aliphatic rings. The number of amides is 3. The van der Waals surface area contributed by atoms with Crippen molar-refractivity contribution in [2.75, 3.05) is 45.2 Å². The average molecular weight is 699 g/mol. The molecule has 48 heavy (non-hydrogen) atoms. The Labute approximate surface area is 274 Å². The molecule has 2 aromatic carbocycles. The maximum absolute atomic E-state index is 14.6. The molecule has 3 N–H and O–H groups in total. The largest absolute Gasteiger partial charge is 0.494 e. The number of alkyl halides is 3. The van der Waals surface area contributed by atoms with Crippen LogP contribution in [0.25, 0.3) is 11.3 Å². The molecule has 5 rings (SSSR count). The summed E-state index contributed by atoms with van der Waals surface area (Å²) in [6.45, 7) is 2.24. The van der Waals surface area contributed by atoms with Crippen molar-refractivity contribution in [3.05, 3.63) is 76.7 Å². The van der Waals surface area contributed by atoms with Crippen molar-refractivity contribution in [2.24, 2.45) is 7.05 Å². The van der Waals surface area contributed by atoms with Crippen molar-refractivity contribution in [1.82, 2.24) is 24.7 Å². The van der Waals surface area contributed by atoms with Gasteiger partial charge in [-0.2, -0.15) is 17.6 Å². The molecule has 18 heteroatoms. The Hall–Kier alpha value is -5.03. The van der Waals surface area contributed by atoms with Gasteiger partial charge in [-0.05, 0) is 30.3 Å². The van der Waals surface area contributed by atoms with E-state index in [4.69, 9.17) is 26.2 Å². The van der Waals surface area contributed by atoms with E-state index in [0.717, 1.165) is 0 Å². The van der Waals surface area contributed by atoms with Crippen molar-refractivity contribution in [3.63, 3.8) is 0 Å². The first-order valence-electron chi connectivity index (χ1n) is 14.1. The zero-order valence-electron chi connectivity index (χ0n) is 25.3. The molecule has 0 spiro atoms. The topological polar surface area (TPSA) is 146 Å². The van der Waals surface area contributed by atoms with Gasteiger partial charge in [0, 0.05) is 51.0 Å². The van der Waals surface area contributed by atoms with E-state index in [1.165, 1.54) is 55.3 Å². The van der Waals surface area contributed by atoms with Crippen LogP contribution in [0.5, 0.6) is 5.75 Å². The van der Waals surface area contributed by atoms with Gasteiger partial charge in [-0.3, -0.25) is 19.7 Å². The molecule has 1 atom stereocenters. The SMILES string of the molecule is COc1ccc(-c2cnc(C(=O)Nc3ccc(C(=O)N4CCN(C(=O)[C@@H]5C=CCN5)CC4)c(Cl)c3)n2C)c(F)c1F.O=C(O)C(F)(F)F. The molecule has 1 aromatic heterocycles. The minimum Gasteiger partial charge on any atom is -0.494 e. The number of nitrogens with zero attached hydrogens (tertiary/aromatic N) is 4. The lowest BCUT2D eigenvalue weighted by Gasteiger charge is -2.36. The number of carboxylic acid groups (broad SMARTS) is 1. The van der Waals surface area contributed by atoms with Crippen molar-refractivity contribution in [1.29, 1.82) is 0 Å². The number of imidazole rings is 1. The number of carbonyl (C=O) groups is 4. The van der Waals surface area contributed by atoms with Crippen LogP contribution in [-0.4, -0.2) is 100 Å². The van der Waals surface area contributed by atoms with Gasteiger partial charge in [0.25, 0.3) is 11.8 Å². The van der Waals surface area contributed by atoms with Gasteiger partial charge >= 0.3 is 12.1 Å². The Bertz CT molecular complexity index is 1760. The van der Waals surface area contributed by atoms with E-state index in [1.807, 2.05) is 12.2 Å². The number of piperazine rings is 1. The molecule has 3 aromatic rings. The summed E-state index contributed by atoms with van der Waals surface area (Å²) >= 11 is 6.42. The Kier molecular flexibility index (Phi) is 11.1. The van der Waals surface area contributed by atoms with E-state index in [0.29, 0.717) is 38.4 Å². The highest BCUT2D eigenvalue weighted by atomic mass is 35.5. The minimum absolute atomic E-state index is 0.00916. The number of halogens is 6. The smallest absolute Gasteiger partial charge is 0.490 e. The van der Waals surface area contributed by atoms with Crippen LogP contribution in [0.3, 0.4) is 0 Å². The number of nitrogens with one attached hydrogen (secondary N) is 2. The second-order valence-corrected chi connectivity index (χ2v) is 10.8. The third kappa shape index (κ3) is 7.91. The van der Waals surface area contributed by atoms with Gasteiger partial charge in [0.2, 0.25) is 11.7 Å². The van der Waals surface area contributed by atoms with Crippen LogP contribution >= 0.6 is 11.6 Å². The Morgan fingerprint density at radius 1 is 1.04 bits per heavy atom. The van der Waals surface area contributed by atoms with Crippen LogP contribution < -0.4 is 15.4 Å². The quantitative estimate of drug-likeness (QED) is 0.261. The van der Waals surface area contributed by atoms with Crippen LogP contribution in [0, 0.1) is 11.6 Å². The number of methoxy groups -OCH3 is 1. The fraction of sp³-hybridized carbons (Fsp3) is 0.300. The van der Waals surface area contributed by atoms with Crippen LogP contribution in [0.1, 0.15) is 21.0 Å². The molecule has 1 saturated heterocycles. The van der Waals surface area contributed by atoms with Gasteiger partial charge < -0.3 is 29.5 Å². The van der Waals surface area contributed by atoms with Crippen molar-refractivity contribution in [2.45, 2.75) is 12.2 Å². The highest BCUT2D eigenvalue weighted by Crippen LogP contribution is 2.30. The van der Waals surface area contributed by atoms with Gasteiger partial charge in [-0.1, -0.05) is 23.8 Å². The second-order valence-electron chi connectivity index (χ2n) is 10.4. The van der Waals surface area contributed by atoms with Crippen LogP contribution in [0.15, 0.2) is 48.7 Å². The molecular formula is C30H28ClF5N6O6. The lowest BCUT2D eigenvalue weighted by atomic mass is 10.1. The summed E-state index contributed by atoms with van der Waals surface area (Å²) in [7, 11) is 2.73. The standard InChI is InChI=1S/C28H27ClF2N6O4.C2HF3O2/c1-35-21(18-7-8-22(41-2)24(31)23(18)30)15-33-25(35)26(38)34-16-5-6-17(19(29)14-16)27(39)36-10-12-37(13-11-36)28(40)20-4-3-9-32-20;3-2(4,5)1(6)7/h3-8,14-15,20,32H,9-13H2,1-2H3,(H,34,38);(H,6,7)/t20-;/m0./s1. The molecule has 0 aliphatic carbocycles. The molecular weight excluding hydrogens is 671 g/mol. The van der Waals surface area contributed by atoms with Crippen molar-refractivity contribution < 1.29 is 51.0 Å². The summed E-state index contributed by atoms with van der Waals surface area (Å²) in [5, 5.41) is 13.0. The van der Waals surface area contributed by atoms with Crippen LogP contribution in [0.4, 0.5) is 27.6 Å². The summed E-state index contributed by atoms with van der Waals surface area (Å²) in [5.41, 5.74) is 0.683. The van der Waals surface area contributed by atoms with E-state index in [2.05, 4.69) is 15.6 Å². The van der Waals surface area contributed by atoms with E-state index >= 15 is 0 Å². The molecule has 3 heterocycles. The third-order valence-corrected chi connectivity index (χ3v) is 7.68. The summed E-state index contributed by atoms with van der Waals surface area (Å²) in [6.07, 6.45) is -0.0626. The summed E-state index contributed by atoms with van der Waals surface area (Å²) in [4.78, 5) is 55.0. The predicted octanol–water partition coefficient (Wildman–Crippen LogP) is 3.73. The maximum Gasteiger partial charge on any atom is 0.490 e. The zero-order valence-corrected chi connectivity index (χ0v) is 26.0. The van der Waals surface area contributed by atoms with Crippen LogP contribution in [0.2, 0.25) is 5.02 Å². The molecule has 256 valence electrons. The number of benzene rings is 2. The second kappa shape index (κ2) is 14.8.